The first-order chi connectivity index (χ1) is 36.7. The number of aromatic nitrogens is 1. The van der Waals surface area contributed by atoms with E-state index >= 15 is 0 Å². The van der Waals surface area contributed by atoms with Gasteiger partial charge in [0.25, 0.3) is 0 Å². The van der Waals surface area contributed by atoms with Gasteiger partial charge in [0.05, 0.1) is 11.0 Å². The molecule has 0 aliphatic rings. The van der Waals surface area contributed by atoms with Crippen LogP contribution in [0, 0.1) is 0 Å². The lowest BCUT2D eigenvalue weighted by Crippen LogP contribution is -2.10. The molecule has 13 aromatic carbocycles. The second-order valence-corrected chi connectivity index (χ2v) is 19.2. The van der Waals surface area contributed by atoms with Gasteiger partial charge in [-0.1, -0.05) is 231 Å². The fraction of sp³-hybridized carbons (Fsp3) is 0. The maximum atomic E-state index is 2.45. The third kappa shape index (κ3) is 7.52. The lowest BCUT2D eigenvalue weighted by molar-refractivity contribution is 1.18. The number of fused-ring (bicyclic) bond motifs is 7. The number of hydrogen-bond acceptors (Lipinski definition) is 1. The fourth-order valence-corrected chi connectivity index (χ4v) is 11.4. The third-order valence-corrected chi connectivity index (χ3v) is 15.0. The van der Waals surface area contributed by atoms with E-state index in [1.54, 1.807) is 0 Å². The van der Waals surface area contributed by atoms with Gasteiger partial charge in [0.2, 0.25) is 0 Å². The number of anilines is 3. The Kier molecular flexibility index (Phi) is 10.6. The molecule has 0 amide bonds. The summed E-state index contributed by atoms with van der Waals surface area (Å²) in [6.07, 6.45) is 0. The van der Waals surface area contributed by atoms with E-state index in [0.717, 1.165) is 28.3 Å². The molecule has 0 aliphatic heterocycles. The predicted molar refractivity (Wildman–Crippen MR) is 315 cm³/mol. The van der Waals surface area contributed by atoms with Gasteiger partial charge in [0.15, 0.2) is 0 Å². The number of nitrogens with zero attached hydrogens (tertiary/aromatic N) is 2. The molecule has 0 saturated carbocycles. The number of para-hydroxylation sites is 2. The van der Waals surface area contributed by atoms with Gasteiger partial charge in [-0.3, -0.25) is 0 Å². The van der Waals surface area contributed by atoms with E-state index in [0.29, 0.717) is 0 Å². The molecule has 74 heavy (non-hydrogen) atoms. The lowest BCUT2D eigenvalue weighted by Gasteiger charge is -2.26. The van der Waals surface area contributed by atoms with Gasteiger partial charge in [-0.15, -0.1) is 0 Å². The monoisotopic (exact) mass is 940 g/mol. The van der Waals surface area contributed by atoms with E-state index in [1.165, 1.54) is 104 Å². The Labute approximate surface area is 430 Å². The van der Waals surface area contributed by atoms with E-state index in [9.17, 15) is 0 Å². The number of benzene rings is 13. The highest BCUT2D eigenvalue weighted by Crippen LogP contribution is 2.45. The van der Waals surface area contributed by atoms with Crippen LogP contribution < -0.4 is 4.90 Å². The van der Waals surface area contributed by atoms with Gasteiger partial charge >= 0.3 is 0 Å². The van der Waals surface area contributed by atoms with Gasteiger partial charge in [-0.05, 0) is 143 Å². The maximum Gasteiger partial charge on any atom is 0.0625 e. The molecule has 0 atom stereocenters. The van der Waals surface area contributed by atoms with Crippen molar-refractivity contribution in [2.45, 2.75) is 0 Å². The zero-order valence-electron chi connectivity index (χ0n) is 40.6. The molecule has 0 saturated heterocycles. The summed E-state index contributed by atoms with van der Waals surface area (Å²) < 4.78 is 2.45. The molecule has 1 heterocycles. The van der Waals surface area contributed by atoms with Crippen LogP contribution in [0.4, 0.5) is 17.1 Å². The Morgan fingerprint density at radius 3 is 1.49 bits per heavy atom. The zero-order valence-corrected chi connectivity index (χ0v) is 40.6. The van der Waals surface area contributed by atoms with Crippen LogP contribution in [0.2, 0.25) is 0 Å². The lowest BCUT2D eigenvalue weighted by atomic mass is 9.94. The SMILES string of the molecule is c1ccc(-c2ccc(-c3cccc(N(c4ccc(-c5ccc(-c6cccc7ccccc67)cc5)cc4)c4ccc(-c5ccc6c(ccc7ccccc76)c5)cc4)c3)c3c4ccccc4n(-c4ccccc4)c23)cc1. The summed E-state index contributed by atoms with van der Waals surface area (Å²) in [4.78, 5) is 2.40. The first-order valence-corrected chi connectivity index (χ1v) is 25.5. The van der Waals surface area contributed by atoms with Crippen molar-refractivity contribution in [3.05, 3.63) is 291 Å². The van der Waals surface area contributed by atoms with Gasteiger partial charge in [-0.2, -0.15) is 0 Å². The molecule has 2 heteroatoms. The average molecular weight is 941 g/mol. The standard InChI is InChI=1S/C72H48N2/c1-3-15-53(16-4-1)68-46-45-67(71-69-26-11-12-28-70(69)74(72(68)71)59-21-5-2-6-22-59)57-20-13-23-62(48-57)73(61-42-37-51(38-43-61)56-39-44-66-58(47-56)34-33-54-18-8-10-25-64(54)66)60-40-35-50(36-41-60)49-29-31-55(32-30-49)65-27-14-19-52-17-7-9-24-63(52)65/h1-48H. The maximum absolute atomic E-state index is 2.45. The van der Waals surface area contributed by atoms with Crippen LogP contribution in [-0.2, 0) is 0 Å². The van der Waals surface area contributed by atoms with Crippen molar-refractivity contribution < 1.29 is 0 Å². The largest absolute Gasteiger partial charge is 0.310 e. The molecule has 0 N–H and O–H groups in total. The smallest absolute Gasteiger partial charge is 0.0625 e. The Bertz CT molecular complexity index is 4380. The minimum atomic E-state index is 1.08. The molecule has 0 aliphatic carbocycles. The van der Waals surface area contributed by atoms with E-state index in [2.05, 4.69) is 301 Å². The van der Waals surface area contributed by atoms with Gasteiger partial charge in [0, 0.05) is 39.1 Å². The van der Waals surface area contributed by atoms with E-state index in [-0.39, 0.29) is 0 Å². The molecular formula is C72H48N2. The van der Waals surface area contributed by atoms with Gasteiger partial charge < -0.3 is 9.47 Å². The highest BCUT2D eigenvalue weighted by Gasteiger charge is 2.22. The normalized spacial score (nSPS) is 11.5. The molecule has 0 bridgehead atoms. The van der Waals surface area contributed by atoms with Crippen LogP contribution in [0.1, 0.15) is 0 Å². The number of rotatable bonds is 9. The summed E-state index contributed by atoms with van der Waals surface area (Å²) in [5.74, 6) is 0. The zero-order chi connectivity index (χ0) is 49.0. The minimum absolute atomic E-state index is 1.08. The van der Waals surface area contributed by atoms with Gasteiger partial charge in [0.1, 0.15) is 0 Å². The third-order valence-electron chi connectivity index (χ3n) is 15.0. The first-order valence-electron chi connectivity index (χ1n) is 25.5. The molecule has 2 nitrogen and oxygen atoms in total. The van der Waals surface area contributed by atoms with Crippen LogP contribution in [-0.4, -0.2) is 4.57 Å². The highest BCUT2D eigenvalue weighted by molar-refractivity contribution is 6.20. The molecule has 14 rings (SSSR count). The summed E-state index contributed by atoms with van der Waals surface area (Å²) in [6.45, 7) is 0. The molecule has 0 unspecified atom stereocenters. The second kappa shape index (κ2) is 18.1. The summed E-state index contributed by atoms with van der Waals surface area (Å²) in [5.41, 5.74) is 18.7. The van der Waals surface area contributed by atoms with Crippen molar-refractivity contribution in [1.29, 1.82) is 0 Å². The predicted octanol–water partition coefficient (Wildman–Crippen LogP) is 20.0. The van der Waals surface area contributed by atoms with Crippen molar-refractivity contribution in [3.8, 4) is 61.3 Å². The van der Waals surface area contributed by atoms with Crippen LogP contribution in [0.25, 0.3) is 115 Å². The second-order valence-electron chi connectivity index (χ2n) is 19.2. The van der Waals surface area contributed by atoms with Crippen LogP contribution >= 0.6 is 0 Å². The molecule has 0 spiro atoms. The summed E-state index contributed by atoms with van der Waals surface area (Å²) >= 11 is 0. The first kappa shape index (κ1) is 43.1. The Morgan fingerprint density at radius 1 is 0.243 bits per heavy atom. The van der Waals surface area contributed by atoms with Crippen molar-refractivity contribution in [3.63, 3.8) is 0 Å². The molecule has 1 aromatic heterocycles. The van der Waals surface area contributed by atoms with Crippen molar-refractivity contribution in [2.75, 3.05) is 4.90 Å². The van der Waals surface area contributed by atoms with Gasteiger partial charge in [-0.25, -0.2) is 0 Å². The average Bonchev–Trinajstić information content (AvgIpc) is 3.87. The van der Waals surface area contributed by atoms with E-state index < -0.39 is 0 Å². The topological polar surface area (TPSA) is 8.17 Å². The van der Waals surface area contributed by atoms with Crippen LogP contribution in [0.5, 0.6) is 0 Å². The molecule has 14 aromatic rings. The summed E-state index contributed by atoms with van der Waals surface area (Å²) in [7, 11) is 0. The Hall–Kier alpha value is -9.76. The molecular weight excluding hydrogens is 893 g/mol. The summed E-state index contributed by atoms with van der Waals surface area (Å²) in [5, 5.41) is 10.0. The molecule has 346 valence electrons. The van der Waals surface area contributed by atoms with Crippen LogP contribution in [0.3, 0.4) is 0 Å². The molecule has 0 radical (unpaired) electrons. The van der Waals surface area contributed by atoms with Crippen molar-refractivity contribution >= 4 is 71.2 Å². The quantitative estimate of drug-likeness (QED) is 0.131. The van der Waals surface area contributed by atoms with Crippen LogP contribution in [0.15, 0.2) is 291 Å². The summed E-state index contributed by atoms with van der Waals surface area (Å²) in [6, 6.07) is 106. The van der Waals surface area contributed by atoms with Crippen molar-refractivity contribution in [1.82, 2.24) is 4.57 Å². The molecule has 0 fully saturated rings. The van der Waals surface area contributed by atoms with E-state index in [4.69, 9.17) is 0 Å². The highest BCUT2D eigenvalue weighted by atomic mass is 15.1. The van der Waals surface area contributed by atoms with E-state index in [1.807, 2.05) is 0 Å². The van der Waals surface area contributed by atoms with Crippen molar-refractivity contribution in [2.24, 2.45) is 0 Å². The Morgan fingerprint density at radius 2 is 0.743 bits per heavy atom. The minimum Gasteiger partial charge on any atom is -0.310 e. The fourth-order valence-electron chi connectivity index (χ4n) is 11.4. The Balaban J connectivity index is 0.890. The number of hydrogen-bond donors (Lipinski definition) is 0.